The van der Waals surface area contributed by atoms with E-state index in [1.807, 2.05) is 35.9 Å². The van der Waals surface area contributed by atoms with Crippen molar-refractivity contribution in [2.24, 2.45) is 12.1 Å². The normalized spacial score (nSPS) is 11.4. The van der Waals surface area contributed by atoms with Gasteiger partial charge in [-0.25, -0.2) is 5.43 Å². The molecule has 1 N–H and O–H groups in total. The lowest BCUT2D eigenvalue weighted by atomic mass is 10.2. The predicted octanol–water partition coefficient (Wildman–Crippen LogP) is 2.88. The maximum atomic E-state index is 11.1. The molecule has 0 atom stereocenters. The molecular formula is C18H15N7O3. The van der Waals surface area contributed by atoms with E-state index in [-0.39, 0.29) is 17.4 Å². The highest BCUT2D eigenvalue weighted by atomic mass is 16.6. The molecule has 0 aliphatic heterocycles. The van der Waals surface area contributed by atoms with Crippen molar-refractivity contribution >= 4 is 39.9 Å². The standard InChI is InChI=1S/C18H15N7O3/c1-24-13-6-4-3-5-12(13)16-17(24)20-18(23-21-16)22-19-10-11-7-8-15(28-2)14(9-11)25(26)27/h3-10H,1-2H3,(H,20,22,23)/b19-10+. The summed E-state index contributed by atoms with van der Waals surface area (Å²) in [5.41, 5.74) is 5.48. The average molecular weight is 377 g/mol. The zero-order chi connectivity index (χ0) is 19.7. The Kier molecular flexibility index (Phi) is 4.28. The van der Waals surface area contributed by atoms with Gasteiger partial charge in [0, 0.05) is 24.1 Å². The number of ether oxygens (including phenoxy) is 1. The van der Waals surface area contributed by atoms with Gasteiger partial charge in [0.1, 0.15) is 5.52 Å². The molecule has 2 heterocycles. The van der Waals surface area contributed by atoms with Gasteiger partial charge in [-0.05, 0) is 18.2 Å². The molecule has 2 aromatic carbocycles. The van der Waals surface area contributed by atoms with E-state index in [9.17, 15) is 10.1 Å². The zero-order valence-corrected chi connectivity index (χ0v) is 15.0. The molecule has 0 unspecified atom stereocenters. The van der Waals surface area contributed by atoms with E-state index >= 15 is 0 Å². The molecule has 0 aliphatic rings. The minimum Gasteiger partial charge on any atom is -0.490 e. The summed E-state index contributed by atoms with van der Waals surface area (Å²) in [7, 11) is 3.29. The van der Waals surface area contributed by atoms with E-state index in [4.69, 9.17) is 4.74 Å². The van der Waals surface area contributed by atoms with Crippen LogP contribution in [0.15, 0.2) is 47.6 Å². The molecule has 0 saturated heterocycles. The summed E-state index contributed by atoms with van der Waals surface area (Å²) in [6.07, 6.45) is 1.43. The average Bonchev–Trinajstić information content (AvgIpc) is 3.00. The molecule has 28 heavy (non-hydrogen) atoms. The number of nitro groups is 1. The summed E-state index contributed by atoms with van der Waals surface area (Å²) in [5, 5.41) is 24.4. The molecule has 140 valence electrons. The Bertz CT molecular complexity index is 1230. The number of benzene rings is 2. The number of para-hydroxylation sites is 1. The maximum Gasteiger partial charge on any atom is 0.311 e. The number of aromatic nitrogens is 4. The van der Waals surface area contributed by atoms with E-state index in [2.05, 4.69) is 25.7 Å². The van der Waals surface area contributed by atoms with Crippen molar-refractivity contribution < 1.29 is 9.66 Å². The first-order valence-corrected chi connectivity index (χ1v) is 8.28. The van der Waals surface area contributed by atoms with Crippen LogP contribution in [0.4, 0.5) is 11.6 Å². The van der Waals surface area contributed by atoms with E-state index in [1.165, 1.54) is 25.5 Å². The number of rotatable bonds is 5. The molecule has 4 rings (SSSR count). The predicted molar refractivity (Wildman–Crippen MR) is 105 cm³/mol. The molecule has 0 radical (unpaired) electrons. The molecule has 0 amide bonds. The van der Waals surface area contributed by atoms with Crippen molar-refractivity contribution in [2.75, 3.05) is 12.5 Å². The zero-order valence-electron chi connectivity index (χ0n) is 15.0. The second-order valence-electron chi connectivity index (χ2n) is 5.94. The molecule has 0 spiro atoms. The molecule has 4 aromatic rings. The van der Waals surface area contributed by atoms with Crippen molar-refractivity contribution in [1.82, 2.24) is 19.7 Å². The highest BCUT2D eigenvalue weighted by Gasteiger charge is 2.14. The molecule has 0 fully saturated rings. The number of nitro benzene ring substituents is 1. The number of aryl methyl sites for hydroxylation is 1. The minimum absolute atomic E-state index is 0.138. The van der Waals surface area contributed by atoms with E-state index in [0.29, 0.717) is 16.7 Å². The minimum atomic E-state index is -0.509. The lowest BCUT2D eigenvalue weighted by molar-refractivity contribution is -0.385. The fraction of sp³-hybridized carbons (Fsp3) is 0.111. The van der Waals surface area contributed by atoms with E-state index in [1.54, 1.807) is 6.07 Å². The van der Waals surface area contributed by atoms with Crippen LogP contribution >= 0.6 is 0 Å². The number of anilines is 1. The quantitative estimate of drug-likeness (QED) is 0.322. The Hall–Kier alpha value is -4.08. The van der Waals surface area contributed by atoms with Crippen LogP contribution in [0.1, 0.15) is 5.56 Å². The Labute approximate surface area is 158 Å². The third-order valence-electron chi connectivity index (χ3n) is 4.28. The highest BCUT2D eigenvalue weighted by Crippen LogP contribution is 2.27. The summed E-state index contributed by atoms with van der Waals surface area (Å²) in [4.78, 5) is 15.0. The number of hydrogen-bond acceptors (Lipinski definition) is 8. The van der Waals surface area contributed by atoms with Gasteiger partial charge in [0.25, 0.3) is 5.95 Å². The van der Waals surface area contributed by atoms with Gasteiger partial charge in [-0.1, -0.05) is 18.2 Å². The van der Waals surface area contributed by atoms with Crippen LogP contribution < -0.4 is 10.2 Å². The van der Waals surface area contributed by atoms with Crippen LogP contribution in [0.5, 0.6) is 5.75 Å². The summed E-state index contributed by atoms with van der Waals surface area (Å²) in [5.74, 6) is 0.404. The van der Waals surface area contributed by atoms with Crippen LogP contribution in [0.25, 0.3) is 22.1 Å². The smallest absolute Gasteiger partial charge is 0.311 e. The van der Waals surface area contributed by atoms with Crippen molar-refractivity contribution in [3.05, 3.63) is 58.1 Å². The molecule has 0 aliphatic carbocycles. The van der Waals surface area contributed by atoms with E-state index in [0.717, 1.165) is 10.9 Å². The van der Waals surface area contributed by atoms with Crippen LogP contribution in [0.3, 0.4) is 0 Å². The second-order valence-corrected chi connectivity index (χ2v) is 5.94. The fourth-order valence-electron chi connectivity index (χ4n) is 2.95. The summed E-state index contributed by atoms with van der Waals surface area (Å²) < 4.78 is 6.91. The van der Waals surface area contributed by atoms with E-state index < -0.39 is 4.92 Å². The van der Waals surface area contributed by atoms with Gasteiger partial charge in [0.2, 0.25) is 0 Å². The molecule has 0 bridgehead atoms. The van der Waals surface area contributed by atoms with Crippen LogP contribution in [-0.4, -0.2) is 38.0 Å². The second kappa shape index (κ2) is 6.91. The topological polar surface area (TPSA) is 120 Å². The van der Waals surface area contributed by atoms with Crippen molar-refractivity contribution in [1.29, 1.82) is 0 Å². The Morgan fingerprint density at radius 1 is 1.25 bits per heavy atom. The summed E-state index contributed by atoms with van der Waals surface area (Å²) >= 11 is 0. The summed E-state index contributed by atoms with van der Waals surface area (Å²) in [6.45, 7) is 0. The van der Waals surface area contributed by atoms with Crippen molar-refractivity contribution in [3.8, 4) is 5.75 Å². The number of nitrogens with one attached hydrogen (secondary N) is 1. The lowest BCUT2D eigenvalue weighted by Gasteiger charge is -2.02. The molecular weight excluding hydrogens is 362 g/mol. The van der Waals surface area contributed by atoms with Gasteiger partial charge in [0.05, 0.1) is 23.8 Å². The van der Waals surface area contributed by atoms with Gasteiger partial charge < -0.3 is 9.30 Å². The van der Waals surface area contributed by atoms with Gasteiger partial charge in [0.15, 0.2) is 11.4 Å². The van der Waals surface area contributed by atoms with Crippen LogP contribution in [0, 0.1) is 10.1 Å². The molecule has 0 saturated carbocycles. The van der Waals surface area contributed by atoms with Crippen molar-refractivity contribution in [3.63, 3.8) is 0 Å². The first kappa shape index (κ1) is 17.3. The lowest BCUT2D eigenvalue weighted by Crippen LogP contribution is -2.01. The number of hydrazone groups is 1. The van der Waals surface area contributed by atoms with Gasteiger partial charge in [-0.15, -0.1) is 10.2 Å². The van der Waals surface area contributed by atoms with Gasteiger partial charge in [-0.3, -0.25) is 10.1 Å². The third kappa shape index (κ3) is 2.96. The fourth-order valence-corrected chi connectivity index (χ4v) is 2.95. The van der Waals surface area contributed by atoms with Crippen LogP contribution in [-0.2, 0) is 7.05 Å². The molecule has 2 aromatic heterocycles. The number of fused-ring (bicyclic) bond motifs is 3. The number of hydrogen-bond donors (Lipinski definition) is 1. The SMILES string of the molecule is COc1ccc(/C=N/Nc2nnc3c4ccccc4n(C)c3n2)cc1[N+](=O)[O-]. The number of nitrogens with zero attached hydrogens (tertiary/aromatic N) is 6. The first-order valence-electron chi connectivity index (χ1n) is 8.28. The summed E-state index contributed by atoms with van der Waals surface area (Å²) in [6, 6.07) is 12.4. The Morgan fingerprint density at radius 2 is 2.07 bits per heavy atom. The monoisotopic (exact) mass is 377 g/mol. The van der Waals surface area contributed by atoms with Gasteiger partial charge >= 0.3 is 5.69 Å². The first-order chi connectivity index (χ1) is 13.6. The Balaban J connectivity index is 1.60. The molecule has 10 heteroatoms. The third-order valence-corrected chi connectivity index (χ3v) is 4.28. The largest absolute Gasteiger partial charge is 0.490 e. The van der Waals surface area contributed by atoms with Gasteiger partial charge in [-0.2, -0.15) is 10.1 Å². The maximum absolute atomic E-state index is 11.1. The van der Waals surface area contributed by atoms with Crippen LogP contribution in [0.2, 0.25) is 0 Å². The van der Waals surface area contributed by atoms with Crippen molar-refractivity contribution in [2.45, 2.75) is 0 Å². The highest BCUT2D eigenvalue weighted by molar-refractivity contribution is 6.04. The molecule has 10 nitrogen and oxygen atoms in total. The number of methoxy groups -OCH3 is 1. The Morgan fingerprint density at radius 3 is 2.86 bits per heavy atom.